The largest absolute Gasteiger partial charge is 0.392 e. The lowest BCUT2D eigenvalue weighted by Crippen LogP contribution is -2.34. The minimum atomic E-state index is -0.216. The molecule has 1 heterocycles. The average Bonchev–Trinajstić information content (AvgIpc) is 2.96. The second-order valence-corrected chi connectivity index (χ2v) is 5.74. The summed E-state index contributed by atoms with van der Waals surface area (Å²) in [5.74, 6) is 0. The fraction of sp³-hybridized carbons (Fsp3) is 0.800. The van der Waals surface area contributed by atoms with Crippen LogP contribution in [0.5, 0.6) is 0 Å². The van der Waals surface area contributed by atoms with Crippen molar-refractivity contribution in [2.24, 2.45) is 5.41 Å². The van der Waals surface area contributed by atoms with E-state index in [4.69, 9.17) is 0 Å². The van der Waals surface area contributed by atoms with Gasteiger partial charge < -0.3 is 5.11 Å². The van der Waals surface area contributed by atoms with E-state index in [1.807, 2.05) is 11.6 Å². The third-order valence-corrected chi connectivity index (χ3v) is 4.70. The van der Waals surface area contributed by atoms with E-state index >= 15 is 0 Å². The predicted molar refractivity (Wildman–Crippen MR) is 73.5 cm³/mol. The summed E-state index contributed by atoms with van der Waals surface area (Å²) in [6.45, 7) is 7.23. The Hall–Kier alpha value is -0.830. The zero-order valence-electron chi connectivity index (χ0n) is 11.9. The fourth-order valence-corrected chi connectivity index (χ4v) is 3.45. The van der Waals surface area contributed by atoms with E-state index < -0.39 is 0 Å². The maximum atomic E-state index is 10.6. The summed E-state index contributed by atoms with van der Waals surface area (Å²) in [7, 11) is 0. The Morgan fingerprint density at radius 1 is 1.39 bits per heavy atom. The van der Waals surface area contributed by atoms with Crippen molar-refractivity contribution in [3.05, 3.63) is 17.5 Å². The highest BCUT2D eigenvalue weighted by Gasteiger charge is 2.39. The molecule has 0 radical (unpaired) electrons. The molecular formula is C15H26N2O. The lowest BCUT2D eigenvalue weighted by Gasteiger charge is -2.33. The molecule has 0 spiro atoms. The molecule has 0 aromatic carbocycles. The molecule has 0 aliphatic heterocycles. The lowest BCUT2D eigenvalue weighted by molar-refractivity contribution is 0.0243. The van der Waals surface area contributed by atoms with Crippen molar-refractivity contribution in [3.63, 3.8) is 0 Å². The van der Waals surface area contributed by atoms with Gasteiger partial charge in [0.1, 0.15) is 0 Å². The highest BCUT2D eigenvalue weighted by Crippen LogP contribution is 2.44. The summed E-state index contributed by atoms with van der Waals surface area (Å²) >= 11 is 0. The molecule has 3 nitrogen and oxygen atoms in total. The third kappa shape index (κ3) is 2.46. The van der Waals surface area contributed by atoms with Gasteiger partial charge in [-0.1, -0.05) is 19.8 Å². The molecule has 1 atom stereocenters. The van der Waals surface area contributed by atoms with Gasteiger partial charge in [0.2, 0.25) is 0 Å². The molecule has 1 aromatic heterocycles. The standard InChI is InChI=1S/C15H26N2O/c1-4-15(8-6-7-9-15)14(18)11-13-10-12(3)16-17(13)5-2/h10,14,18H,4-9,11H2,1-3H3. The average molecular weight is 250 g/mol. The molecule has 1 unspecified atom stereocenters. The number of aryl methyl sites for hydroxylation is 2. The minimum absolute atomic E-state index is 0.163. The summed E-state index contributed by atoms with van der Waals surface area (Å²) in [5, 5.41) is 15.1. The molecular weight excluding hydrogens is 224 g/mol. The van der Waals surface area contributed by atoms with Crippen LogP contribution in [0, 0.1) is 12.3 Å². The van der Waals surface area contributed by atoms with Crippen LogP contribution in [0.15, 0.2) is 6.07 Å². The molecule has 102 valence electrons. The summed E-state index contributed by atoms with van der Waals surface area (Å²) in [6.07, 6.45) is 6.55. The van der Waals surface area contributed by atoms with Crippen molar-refractivity contribution in [2.75, 3.05) is 0 Å². The number of aliphatic hydroxyl groups excluding tert-OH is 1. The first-order valence-electron chi connectivity index (χ1n) is 7.32. The van der Waals surface area contributed by atoms with E-state index in [1.165, 1.54) is 31.4 Å². The van der Waals surface area contributed by atoms with Gasteiger partial charge >= 0.3 is 0 Å². The van der Waals surface area contributed by atoms with Crippen LogP contribution in [-0.2, 0) is 13.0 Å². The van der Waals surface area contributed by atoms with Crippen LogP contribution in [0.1, 0.15) is 57.3 Å². The summed E-state index contributed by atoms with van der Waals surface area (Å²) in [5.41, 5.74) is 2.40. The summed E-state index contributed by atoms with van der Waals surface area (Å²) in [4.78, 5) is 0. The van der Waals surface area contributed by atoms with E-state index in [2.05, 4.69) is 25.0 Å². The second kappa shape index (κ2) is 5.43. The van der Waals surface area contributed by atoms with E-state index in [0.29, 0.717) is 0 Å². The molecule has 0 bridgehead atoms. The number of aromatic nitrogens is 2. The normalized spacial score (nSPS) is 20.2. The molecule has 0 amide bonds. The van der Waals surface area contributed by atoms with Gasteiger partial charge in [0.05, 0.1) is 11.8 Å². The molecule has 1 aromatic rings. The highest BCUT2D eigenvalue weighted by atomic mass is 16.3. The van der Waals surface area contributed by atoms with Crippen LogP contribution in [0.4, 0.5) is 0 Å². The molecule has 1 N–H and O–H groups in total. The van der Waals surface area contributed by atoms with E-state index in [0.717, 1.165) is 25.1 Å². The van der Waals surface area contributed by atoms with Gasteiger partial charge in [0.25, 0.3) is 0 Å². The smallest absolute Gasteiger partial charge is 0.0651 e. The minimum Gasteiger partial charge on any atom is -0.392 e. The van der Waals surface area contributed by atoms with Gasteiger partial charge in [0.15, 0.2) is 0 Å². The molecule has 18 heavy (non-hydrogen) atoms. The van der Waals surface area contributed by atoms with Gasteiger partial charge in [-0.05, 0) is 44.6 Å². The lowest BCUT2D eigenvalue weighted by atomic mass is 9.76. The van der Waals surface area contributed by atoms with E-state index in [-0.39, 0.29) is 11.5 Å². The third-order valence-electron chi connectivity index (χ3n) is 4.70. The molecule has 1 aliphatic rings. The Labute approximate surface area is 110 Å². The Bertz CT molecular complexity index is 391. The van der Waals surface area contributed by atoms with Crippen LogP contribution in [0.25, 0.3) is 0 Å². The van der Waals surface area contributed by atoms with Gasteiger partial charge in [-0.15, -0.1) is 0 Å². The van der Waals surface area contributed by atoms with Crippen LogP contribution < -0.4 is 0 Å². The topological polar surface area (TPSA) is 38.0 Å². The van der Waals surface area contributed by atoms with Crippen LogP contribution >= 0.6 is 0 Å². The summed E-state index contributed by atoms with van der Waals surface area (Å²) in [6, 6.07) is 2.12. The monoisotopic (exact) mass is 250 g/mol. The number of hydrogen-bond donors (Lipinski definition) is 1. The van der Waals surface area contributed by atoms with Gasteiger partial charge in [-0.3, -0.25) is 4.68 Å². The Balaban J connectivity index is 2.12. The highest BCUT2D eigenvalue weighted by molar-refractivity contribution is 5.11. The van der Waals surface area contributed by atoms with Crippen LogP contribution in [0.3, 0.4) is 0 Å². The second-order valence-electron chi connectivity index (χ2n) is 5.74. The predicted octanol–water partition coefficient (Wildman–Crippen LogP) is 3.09. The van der Waals surface area contributed by atoms with Gasteiger partial charge in [-0.2, -0.15) is 5.10 Å². The first kappa shape index (κ1) is 13.6. The summed E-state index contributed by atoms with van der Waals surface area (Å²) < 4.78 is 2.02. The van der Waals surface area contributed by atoms with Crippen LogP contribution in [-0.4, -0.2) is 21.0 Å². The van der Waals surface area contributed by atoms with Crippen molar-refractivity contribution in [1.29, 1.82) is 0 Å². The van der Waals surface area contributed by atoms with Crippen molar-refractivity contribution in [3.8, 4) is 0 Å². The Morgan fingerprint density at radius 3 is 2.61 bits per heavy atom. The van der Waals surface area contributed by atoms with Crippen molar-refractivity contribution >= 4 is 0 Å². The quantitative estimate of drug-likeness (QED) is 0.872. The fourth-order valence-electron chi connectivity index (χ4n) is 3.45. The molecule has 0 saturated heterocycles. The van der Waals surface area contributed by atoms with Crippen molar-refractivity contribution in [2.45, 2.75) is 71.9 Å². The zero-order chi connectivity index (χ0) is 13.2. The Morgan fingerprint density at radius 2 is 2.06 bits per heavy atom. The van der Waals surface area contributed by atoms with Crippen molar-refractivity contribution in [1.82, 2.24) is 9.78 Å². The zero-order valence-corrected chi connectivity index (χ0v) is 11.9. The van der Waals surface area contributed by atoms with E-state index in [1.54, 1.807) is 0 Å². The molecule has 1 aliphatic carbocycles. The van der Waals surface area contributed by atoms with E-state index in [9.17, 15) is 5.11 Å². The Kier molecular flexibility index (Phi) is 4.10. The number of nitrogens with zero attached hydrogens (tertiary/aromatic N) is 2. The number of aliphatic hydroxyl groups is 1. The first-order chi connectivity index (χ1) is 8.61. The maximum absolute atomic E-state index is 10.6. The van der Waals surface area contributed by atoms with Crippen molar-refractivity contribution < 1.29 is 5.11 Å². The SMILES string of the molecule is CCn1nc(C)cc1CC(O)C1(CC)CCCC1. The first-order valence-corrected chi connectivity index (χ1v) is 7.32. The molecule has 2 rings (SSSR count). The maximum Gasteiger partial charge on any atom is 0.0651 e. The molecule has 1 fully saturated rings. The van der Waals surface area contributed by atoms with Gasteiger partial charge in [-0.25, -0.2) is 0 Å². The molecule has 3 heteroatoms. The number of rotatable bonds is 5. The number of hydrogen-bond acceptors (Lipinski definition) is 2. The van der Waals surface area contributed by atoms with Gasteiger partial charge in [0, 0.05) is 18.7 Å². The molecule has 1 saturated carbocycles. The van der Waals surface area contributed by atoms with Crippen LogP contribution in [0.2, 0.25) is 0 Å².